The zero-order valence-corrected chi connectivity index (χ0v) is 15.3. The SMILES string of the molecule is CC(CNC(=O)COc1ccccc1[N+](=O)[O-])N1CCc2ccccc2C1. The number of nitrogens with zero attached hydrogens (tertiary/aromatic N) is 2. The van der Waals surface area contributed by atoms with E-state index in [9.17, 15) is 14.9 Å². The van der Waals surface area contributed by atoms with Gasteiger partial charge in [-0.15, -0.1) is 0 Å². The number of hydrogen-bond donors (Lipinski definition) is 1. The standard InChI is InChI=1S/C20H23N3O4/c1-15(22-11-10-16-6-2-3-7-17(16)13-22)12-21-20(24)14-27-19-9-5-4-8-18(19)23(25)26/h2-9,15H,10-14H2,1H3,(H,21,24). The van der Waals surface area contributed by atoms with Crippen molar-refractivity contribution in [2.45, 2.75) is 25.9 Å². The van der Waals surface area contributed by atoms with E-state index in [1.54, 1.807) is 12.1 Å². The molecule has 1 unspecified atom stereocenters. The highest BCUT2D eigenvalue weighted by Crippen LogP contribution is 2.25. The van der Waals surface area contributed by atoms with Crippen LogP contribution >= 0.6 is 0 Å². The molecule has 2 aromatic rings. The van der Waals surface area contributed by atoms with Gasteiger partial charge in [0, 0.05) is 31.7 Å². The second kappa shape index (κ2) is 8.64. The summed E-state index contributed by atoms with van der Waals surface area (Å²) >= 11 is 0. The van der Waals surface area contributed by atoms with E-state index in [0.29, 0.717) is 6.54 Å². The van der Waals surface area contributed by atoms with E-state index in [1.807, 2.05) is 0 Å². The number of rotatable bonds is 7. The Hall–Kier alpha value is -2.93. The Bertz CT molecular complexity index is 824. The van der Waals surface area contributed by atoms with Crippen molar-refractivity contribution in [2.75, 3.05) is 19.7 Å². The Morgan fingerprint density at radius 2 is 1.93 bits per heavy atom. The van der Waals surface area contributed by atoms with Crippen molar-refractivity contribution >= 4 is 11.6 Å². The maximum absolute atomic E-state index is 12.1. The predicted molar refractivity (Wildman–Crippen MR) is 102 cm³/mol. The van der Waals surface area contributed by atoms with E-state index >= 15 is 0 Å². The Morgan fingerprint density at radius 1 is 1.22 bits per heavy atom. The Balaban J connectivity index is 1.46. The number of ether oxygens (including phenoxy) is 1. The molecule has 1 aliphatic rings. The van der Waals surface area contributed by atoms with E-state index in [-0.39, 0.29) is 30.0 Å². The normalized spacial score (nSPS) is 14.9. The van der Waals surface area contributed by atoms with Gasteiger partial charge in [0.1, 0.15) is 0 Å². The number of amides is 1. The van der Waals surface area contributed by atoms with Crippen molar-refractivity contribution in [3.63, 3.8) is 0 Å². The van der Waals surface area contributed by atoms with E-state index < -0.39 is 4.92 Å². The van der Waals surface area contributed by atoms with Crippen molar-refractivity contribution < 1.29 is 14.5 Å². The van der Waals surface area contributed by atoms with Crippen LogP contribution in [0, 0.1) is 10.1 Å². The van der Waals surface area contributed by atoms with Gasteiger partial charge < -0.3 is 10.1 Å². The second-order valence-electron chi connectivity index (χ2n) is 6.66. The van der Waals surface area contributed by atoms with Crippen molar-refractivity contribution in [1.29, 1.82) is 0 Å². The smallest absolute Gasteiger partial charge is 0.310 e. The lowest BCUT2D eigenvalue weighted by Gasteiger charge is -2.33. The Morgan fingerprint density at radius 3 is 2.70 bits per heavy atom. The largest absolute Gasteiger partial charge is 0.477 e. The summed E-state index contributed by atoms with van der Waals surface area (Å²) in [5, 5.41) is 13.8. The fraction of sp³-hybridized carbons (Fsp3) is 0.350. The molecule has 0 aromatic heterocycles. The van der Waals surface area contributed by atoms with Crippen molar-refractivity contribution in [3.05, 3.63) is 69.8 Å². The maximum atomic E-state index is 12.1. The third kappa shape index (κ3) is 4.83. The fourth-order valence-corrected chi connectivity index (χ4v) is 3.21. The highest BCUT2D eigenvalue weighted by atomic mass is 16.6. The van der Waals surface area contributed by atoms with Gasteiger partial charge in [0.25, 0.3) is 5.91 Å². The molecule has 1 N–H and O–H groups in total. The van der Waals surface area contributed by atoms with Crippen LogP contribution in [0.4, 0.5) is 5.69 Å². The molecule has 7 nitrogen and oxygen atoms in total. The monoisotopic (exact) mass is 369 g/mol. The number of para-hydroxylation sites is 2. The lowest BCUT2D eigenvalue weighted by Crippen LogP contribution is -2.45. The number of hydrogen-bond acceptors (Lipinski definition) is 5. The Kier molecular flexibility index (Phi) is 6.03. The number of nitro groups is 1. The summed E-state index contributed by atoms with van der Waals surface area (Å²) in [4.78, 5) is 24.8. The molecule has 1 aliphatic heterocycles. The van der Waals surface area contributed by atoms with Crippen LogP contribution in [0.15, 0.2) is 48.5 Å². The van der Waals surface area contributed by atoms with Gasteiger partial charge in [-0.2, -0.15) is 0 Å². The molecule has 27 heavy (non-hydrogen) atoms. The molecule has 0 saturated carbocycles. The van der Waals surface area contributed by atoms with Crippen LogP contribution in [-0.2, 0) is 17.8 Å². The molecular weight excluding hydrogens is 346 g/mol. The molecule has 142 valence electrons. The molecule has 0 aliphatic carbocycles. The zero-order valence-electron chi connectivity index (χ0n) is 15.3. The summed E-state index contributed by atoms with van der Waals surface area (Å²) in [6.07, 6.45) is 1.01. The minimum absolute atomic E-state index is 0.0957. The van der Waals surface area contributed by atoms with Crippen LogP contribution in [0.5, 0.6) is 5.75 Å². The average molecular weight is 369 g/mol. The van der Waals surface area contributed by atoms with Crippen LogP contribution in [0.3, 0.4) is 0 Å². The van der Waals surface area contributed by atoms with E-state index in [4.69, 9.17) is 4.74 Å². The molecule has 3 rings (SSSR count). The topological polar surface area (TPSA) is 84.7 Å². The summed E-state index contributed by atoms with van der Waals surface area (Å²) in [6.45, 7) is 4.17. The summed E-state index contributed by atoms with van der Waals surface area (Å²) in [6, 6.07) is 14.6. The average Bonchev–Trinajstić information content (AvgIpc) is 2.70. The first kappa shape index (κ1) is 18.8. The molecule has 0 spiro atoms. The third-order valence-corrected chi connectivity index (χ3v) is 4.80. The third-order valence-electron chi connectivity index (χ3n) is 4.80. The van der Waals surface area contributed by atoms with Crippen LogP contribution in [-0.4, -0.2) is 41.5 Å². The minimum atomic E-state index is -0.524. The number of nitrogens with one attached hydrogen (secondary N) is 1. The van der Waals surface area contributed by atoms with Crippen molar-refractivity contribution in [2.24, 2.45) is 0 Å². The molecular formula is C20H23N3O4. The second-order valence-corrected chi connectivity index (χ2v) is 6.66. The van der Waals surface area contributed by atoms with E-state index in [0.717, 1.165) is 19.5 Å². The first-order chi connectivity index (χ1) is 13.0. The van der Waals surface area contributed by atoms with Crippen molar-refractivity contribution in [1.82, 2.24) is 10.2 Å². The van der Waals surface area contributed by atoms with Crippen molar-refractivity contribution in [3.8, 4) is 5.75 Å². The summed E-state index contributed by atoms with van der Waals surface area (Å²) < 4.78 is 5.32. The van der Waals surface area contributed by atoms with Gasteiger partial charge in [0.15, 0.2) is 12.4 Å². The van der Waals surface area contributed by atoms with Gasteiger partial charge in [-0.3, -0.25) is 19.8 Å². The molecule has 1 heterocycles. The number of nitro benzene ring substituents is 1. The molecule has 0 fully saturated rings. The van der Waals surface area contributed by atoms with Gasteiger partial charge >= 0.3 is 5.69 Å². The molecule has 0 bridgehead atoms. The first-order valence-electron chi connectivity index (χ1n) is 8.98. The molecule has 0 saturated heterocycles. The van der Waals surface area contributed by atoms with Gasteiger partial charge in [0.05, 0.1) is 4.92 Å². The van der Waals surface area contributed by atoms with Gasteiger partial charge in [-0.1, -0.05) is 36.4 Å². The number of benzene rings is 2. The van der Waals surface area contributed by atoms with Crippen LogP contribution in [0.25, 0.3) is 0 Å². The number of carbonyl (C=O) groups is 1. The lowest BCUT2D eigenvalue weighted by molar-refractivity contribution is -0.385. The summed E-state index contributed by atoms with van der Waals surface area (Å²) in [5.74, 6) is -0.198. The highest BCUT2D eigenvalue weighted by Gasteiger charge is 2.21. The molecule has 1 amide bonds. The maximum Gasteiger partial charge on any atom is 0.310 e. The fourth-order valence-electron chi connectivity index (χ4n) is 3.21. The van der Waals surface area contributed by atoms with Crippen LogP contribution in [0.1, 0.15) is 18.1 Å². The number of fused-ring (bicyclic) bond motifs is 1. The van der Waals surface area contributed by atoms with Gasteiger partial charge in [0.2, 0.25) is 0 Å². The van der Waals surface area contributed by atoms with E-state index in [2.05, 4.69) is 41.4 Å². The molecule has 7 heteroatoms. The summed E-state index contributed by atoms with van der Waals surface area (Å²) in [5.41, 5.74) is 2.58. The summed E-state index contributed by atoms with van der Waals surface area (Å²) in [7, 11) is 0. The van der Waals surface area contributed by atoms with Gasteiger partial charge in [-0.25, -0.2) is 0 Å². The minimum Gasteiger partial charge on any atom is -0.477 e. The predicted octanol–water partition coefficient (Wildman–Crippen LogP) is 2.54. The first-order valence-corrected chi connectivity index (χ1v) is 8.98. The lowest BCUT2D eigenvalue weighted by atomic mass is 9.99. The Labute approximate surface area is 158 Å². The molecule has 1 atom stereocenters. The zero-order chi connectivity index (χ0) is 19.2. The van der Waals surface area contributed by atoms with Gasteiger partial charge in [-0.05, 0) is 30.5 Å². The highest BCUT2D eigenvalue weighted by molar-refractivity contribution is 5.77. The van der Waals surface area contributed by atoms with E-state index in [1.165, 1.54) is 23.3 Å². The molecule has 0 radical (unpaired) electrons. The van der Waals surface area contributed by atoms with Crippen LogP contribution < -0.4 is 10.1 Å². The van der Waals surface area contributed by atoms with Crippen LogP contribution in [0.2, 0.25) is 0 Å². The number of carbonyl (C=O) groups excluding carboxylic acids is 1. The molecule has 2 aromatic carbocycles. The quantitative estimate of drug-likeness (QED) is 0.599.